The van der Waals surface area contributed by atoms with Crippen LogP contribution in [0.4, 0.5) is 10.1 Å². The number of hydrogen-bond acceptors (Lipinski definition) is 3. The van der Waals surface area contributed by atoms with Gasteiger partial charge in [-0.3, -0.25) is 4.79 Å². The molecule has 1 amide bonds. The first-order chi connectivity index (χ1) is 10.8. The van der Waals surface area contributed by atoms with Gasteiger partial charge in [-0.2, -0.15) is 4.72 Å². The van der Waals surface area contributed by atoms with Gasteiger partial charge in [0.1, 0.15) is 5.82 Å². The van der Waals surface area contributed by atoms with E-state index in [0.717, 1.165) is 29.8 Å². The molecule has 0 spiro atoms. The number of halogens is 1. The zero-order valence-corrected chi connectivity index (χ0v) is 13.5. The highest BCUT2D eigenvalue weighted by Gasteiger charge is 2.22. The van der Waals surface area contributed by atoms with E-state index in [4.69, 9.17) is 0 Å². The zero-order chi connectivity index (χ0) is 17.0. The Kier molecular flexibility index (Phi) is 5.12. The van der Waals surface area contributed by atoms with Crippen molar-refractivity contribution in [1.29, 1.82) is 0 Å². The summed E-state index contributed by atoms with van der Waals surface area (Å²) in [6.45, 7) is 3.32. The van der Waals surface area contributed by atoms with E-state index in [2.05, 4.69) is 10.0 Å². The van der Waals surface area contributed by atoms with Gasteiger partial charge in [-0.05, 0) is 55.8 Å². The second-order valence-corrected chi connectivity index (χ2v) is 6.87. The molecule has 0 bridgehead atoms. The van der Waals surface area contributed by atoms with Crippen molar-refractivity contribution in [2.24, 2.45) is 0 Å². The van der Waals surface area contributed by atoms with E-state index >= 15 is 0 Å². The molecule has 23 heavy (non-hydrogen) atoms. The molecule has 2 rings (SSSR count). The molecule has 1 atom stereocenters. The number of anilines is 1. The fraction of sp³-hybridized carbons (Fsp3) is 0.188. The monoisotopic (exact) mass is 336 g/mol. The molecule has 0 aliphatic carbocycles. The fourth-order valence-corrected chi connectivity index (χ4v) is 3.14. The fourth-order valence-electron chi connectivity index (χ4n) is 1.94. The predicted octanol–water partition coefficient (Wildman–Crippen LogP) is 2.44. The quantitative estimate of drug-likeness (QED) is 0.880. The number of rotatable bonds is 5. The summed E-state index contributed by atoms with van der Waals surface area (Å²) in [5.41, 5.74) is 1.56. The predicted molar refractivity (Wildman–Crippen MR) is 86.0 cm³/mol. The minimum atomic E-state index is -3.90. The Morgan fingerprint density at radius 3 is 2.39 bits per heavy atom. The lowest BCUT2D eigenvalue weighted by atomic mass is 10.2. The minimum absolute atomic E-state index is 0.103. The maximum absolute atomic E-state index is 12.9. The van der Waals surface area contributed by atoms with Gasteiger partial charge in [-0.1, -0.05) is 12.1 Å². The van der Waals surface area contributed by atoms with Crippen molar-refractivity contribution in [3.05, 3.63) is 59.9 Å². The summed E-state index contributed by atoms with van der Waals surface area (Å²) in [4.78, 5) is 12.0. The van der Waals surface area contributed by atoms with E-state index < -0.39 is 27.8 Å². The van der Waals surface area contributed by atoms with Crippen LogP contribution in [-0.4, -0.2) is 20.4 Å². The van der Waals surface area contributed by atoms with E-state index in [0.29, 0.717) is 5.69 Å². The van der Waals surface area contributed by atoms with Gasteiger partial charge in [0.15, 0.2) is 0 Å². The van der Waals surface area contributed by atoms with Crippen molar-refractivity contribution < 1.29 is 17.6 Å². The van der Waals surface area contributed by atoms with Crippen LogP contribution in [0.2, 0.25) is 0 Å². The van der Waals surface area contributed by atoms with Crippen molar-refractivity contribution in [2.45, 2.75) is 24.8 Å². The first-order valence-electron chi connectivity index (χ1n) is 6.93. The van der Waals surface area contributed by atoms with E-state index in [9.17, 15) is 17.6 Å². The first-order valence-corrected chi connectivity index (χ1v) is 8.42. The summed E-state index contributed by atoms with van der Waals surface area (Å²) in [5, 5.41) is 2.64. The van der Waals surface area contributed by atoms with E-state index in [-0.39, 0.29) is 4.90 Å². The Hall–Kier alpha value is -2.25. The number of aryl methyl sites for hydroxylation is 1. The molecule has 0 unspecified atom stereocenters. The highest BCUT2D eigenvalue weighted by molar-refractivity contribution is 7.89. The number of carbonyl (C=O) groups is 1. The Balaban J connectivity index is 2.06. The van der Waals surface area contributed by atoms with E-state index in [1.165, 1.54) is 6.92 Å². The van der Waals surface area contributed by atoms with Crippen LogP contribution in [-0.2, 0) is 14.8 Å². The van der Waals surface area contributed by atoms with E-state index in [1.54, 1.807) is 18.2 Å². The summed E-state index contributed by atoms with van der Waals surface area (Å²) in [6.07, 6.45) is 0. The third-order valence-corrected chi connectivity index (χ3v) is 4.69. The molecule has 0 aliphatic heterocycles. The number of carbonyl (C=O) groups excluding carboxylic acids is 1. The highest BCUT2D eigenvalue weighted by atomic mass is 32.2. The SMILES string of the molecule is Cc1cccc(NC(=O)[C@H](C)NS(=O)(=O)c2ccc(F)cc2)c1. The van der Waals surface area contributed by atoms with Gasteiger partial charge < -0.3 is 5.32 Å². The minimum Gasteiger partial charge on any atom is -0.325 e. The van der Waals surface area contributed by atoms with Crippen LogP contribution in [0.1, 0.15) is 12.5 Å². The average molecular weight is 336 g/mol. The maximum Gasteiger partial charge on any atom is 0.242 e. The summed E-state index contributed by atoms with van der Waals surface area (Å²) >= 11 is 0. The summed E-state index contributed by atoms with van der Waals surface area (Å²) < 4.78 is 39.4. The van der Waals surface area contributed by atoms with Crippen molar-refractivity contribution in [1.82, 2.24) is 4.72 Å². The summed E-state index contributed by atoms with van der Waals surface area (Å²) in [6, 6.07) is 10.6. The molecule has 0 aliphatic rings. The third kappa shape index (κ3) is 4.61. The van der Waals surface area contributed by atoms with Gasteiger partial charge in [-0.25, -0.2) is 12.8 Å². The molecule has 0 heterocycles. The van der Waals surface area contributed by atoms with Crippen LogP contribution in [0, 0.1) is 12.7 Å². The van der Waals surface area contributed by atoms with Gasteiger partial charge in [0.25, 0.3) is 0 Å². The van der Waals surface area contributed by atoms with Crippen molar-refractivity contribution >= 4 is 21.6 Å². The Morgan fingerprint density at radius 1 is 1.13 bits per heavy atom. The second-order valence-electron chi connectivity index (χ2n) is 5.16. The second kappa shape index (κ2) is 6.89. The van der Waals surface area contributed by atoms with E-state index in [1.807, 2.05) is 13.0 Å². The standard InChI is InChI=1S/C16H17FN2O3S/c1-11-4-3-5-14(10-11)18-16(20)12(2)19-23(21,22)15-8-6-13(17)7-9-15/h3-10,12,19H,1-2H3,(H,18,20)/t12-/m0/s1. The molecular formula is C16H17FN2O3S. The molecule has 2 N–H and O–H groups in total. The molecule has 0 radical (unpaired) electrons. The highest BCUT2D eigenvalue weighted by Crippen LogP contribution is 2.12. The van der Waals surface area contributed by atoms with Crippen LogP contribution >= 0.6 is 0 Å². The molecular weight excluding hydrogens is 319 g/mol. The number of sulfonamides is 1. The first kappa shape index (κ1) is 17.1. The third-order valence-electron chi connectivity index (χ3n) is 3.13. The number of benzene rings is 2. The maximum atomic E-state index is 12.9. The van der Waals surface area contributed by atoms with Crippen LogP contribution in [0.25, 0.3) is 0 Å². The van der Waals surface area contributed by atoms with Crippen LogP contribution < -0.4 is 10.0 Å². The van der Waals surface area contributed by atoms with Crippen molar-refractivity contribution in [3.63, 3.8) is 0 Å². The van der Waals surface area contributed by atoms with Gasteiger partial charge in [0.2, 0.25) is 15.9 Å². The summed E-state index contributed by atoms with van der Waals surface area (Å²) in [5.74, 6) is -1.02. The molecule has 5 nitrogen and oxygen atoms in total. The largest absolute Gasteiger partial charge is 0.325 e. The number of amides is 1. The molecule has 2 aromatic rings. The van der Waals surface area contributed by atoms with Crippen molar-refractivity contribution in [3.8, 4) is 0 Å². The lowest BCUT2D eigenvalue weighted by Gasteiger charge is -2.14. The molecule has 7 heteroatoms. The normalized spacial score (nSPS) is 12.7. The number of nitrogens with one attached hydrogen (secondary N) is 2. The molecule has 0 aromatic heterocycles. The van der Waals surface area contributed by atoms with Crippen LogP contribution in [0.5, 0.6) is 0 Å². The average Bonchev–Trinajstić information content (AvgIpc) is 2.47. The van der Waals surface area contributed by atoms with Gasteiger partial charge >= 0.3 is 0 Å². The lowest BCUT2D eigenvalue weighted by Crippen LogP contribution is -2.41. The number of hydrogen-bond donors (Lipinski definition) is 2. The Bertz CT molecular complexity index is 804. The van der Waals surface area contributed by atoms with Crippen LogP contribution in [0.3, 0.4) is 0 Å². The molecule has 2 aromatic carbocycles. The topological polar surface area (TPSA) is 75.3 Å². The van der Waals surface area contributed by atoms with Gasteiger partial charge in [0, 0.05) is 5.69 Å². The van der Waals surface area contributed by atoms with Gasteiger partial charge in [0.05, 0.1) is 10.9 Å². The molecule has 122 valence electrons. The van der Waals surface area contributed by atoms with Crippen molar-refractivity contribution in [2.75, 3.05) is 5.32 Å². The lowest BCUT2D eigenvalue weighted by molar-refractivity contribution is -0.117. The molecule has 0 fully saturated rings. The Morgan fingerprint density at radius 2 is 1.78 bits per heavy atom. The zero-order valence-electron chi connectivity index (χ0n) is 12.7. The molecule has 0 saturated heterocycles. The van der Waals surface area contributed by atoms with Crippen LogP contribution in [0.15, 0.2) is 53.4 Å². The Labute approximate surface area is 134 Å². The smallest absolute Gasteiger partial charge is 0.242 e. The van der Waals surface area contributed by atoms with Gasteiger partial charge in [-0.15, -0.1) is 0 Å². The molecule has 0 saturated carbocycles. The summed E-state index contributed by atoms with van der Waals surface area (Å²) in [7, 11) is -3.90.